The first-order chi connectivity index (χ1) is 18.5. The number of hydrogen-bond acceptors (Lipinski definition) is 10. The van der Waals surface area contributed by atoms with Gasteiger partial charge in [0.1, 0.15) is 22.9 Å². The maximum atomic E-state index is 10.6. The Morgan fingerprint density at radius 1 is 0.605 bits per heavy atom. The van der Waals surface area contributed by atoms with Gasteiger partial charge in [-0.3, -0.25) is 0 Å². The Kier molecular flexibility index (Phi) is 6.10. The average molecular weight is 537 g/mol. The van der Waals surface area contributed by atoms with Crippen LogP contribution in [0, 0.1) is 13.8 Å². The van der Waals surface area contributed by atoms with Crippen molar-refractivity contribution in [2.45, 2.75) is 13.8 Å². The topological polar surface area (TPSA) is 116 Å². The van der Waals surface area contributed by atoms with E-state index < -0.39 is 0 Å². The molecule has 38 heavy (non-hydrogen) atoms. The Balaban J connectivity index is 1.22. The smallest absolute Gasteiger partial charge is 0.230 e. The summed E-state index contributed by atoms with van der Waals surface area (Å²) in [6.07, 6.45) is 3.41. The first-order valence-corrected chi connectivity index (χ1v) is 13.3. The van der Waals surface area contributed by atoms with Crippen molar-refractivity contribution in [2.24, 2.45) is 20.5 Å². The molecule has 0 saturated carbocycles. The van der Waals surface area contributed by atoms with Crippen LogP contribution in [0.2, 0.25) is 0 Å². The fourth-order valence-corrected chi connectivity index (χ4v) is 5.73. The van der Waals surface area contributed by atoms with Crippen LogP contribution in [-0.2, 0) is 0 Å². The van der Waals surface area contributed by atoms with Crippen LogP contribution in [0.5, 0.6) is 11.5 Å². The van der Waals surface area contributed by atoms with E-state index in [1.807, 2.05) is 74.5 Å². The lowest BCUT2D eigenvalue weighted by molar-refractivity contribution is 0.473. The van der Waals surface area contributed by atoms with Crippen LogP contribution >= 0.6 is 22.7 Å². The molecule has 6 aromatic rings. The number of fused-ring (bicyclic) bond motifs is 2. The lowest BCUT2D eigenvalue weighted by Gasteiger charge is -2.06. The first-order valence-electron chi connectivity index (χ1n) is 11.7. The normalized spacial score (nSPS) is 11.9. The second-order valence-electron chi connectivity index (χ2n) is 8.60. The summed E-state index contributed by atoms with van der Waals surface area (Å²) in [5.74, 6) is 0.212. The van der Waals surface area contributed by atoms with Crippen molar-refractivity contribution in [3.05, 3.63) is 84.2 Å². The molecule has 0 unspecified atom stereocenters. The second-order valence-corrected chi connectivity index (χ2v) is 10.6. The Hall–Kier alpha value is -4.54. The van der Waals surface area contributed by atoms with Crippen LogP contribution < -0.4 is 0 Å². The van der Waals surface area contributed by atoms with Gasteiger partial charge in [0.15, 0.2) is 0 Å². The van der Waals surface area contributed by atoms with Crippen molar-refractivity contribution < 1.29 is 10.2 Å². The largest absolute Gasteiger partial charge is 0.505 e. The molecule has 0 fully saturated rings. The summed E-state index contributed by atoms with van der Waals surface area (Å²) in [7, 11) is 0. The molecule has 4 aromatic carbocycles. The molecule has 0 bridgehead atoms. The van der Waals surface area contributed by atoms with Gasteiger partial charge >= 0.3 is 0 Å². The lowest BCUT2D eigenvalue weighted by Crippen LogP contribution is -1.80. The fraction of sp³-hybridized carbons (Fsp3) is 0.0714. The molecule has 0 aliphatic carbocycles. The van der Waals surface area contributed by atoms with E-state index in [9.17, 15) is 10.2 Å². The summed E-state index contributed by atoms with van der Waals surface area (Å²) in [5.41, 5.74) is 2.31. The highest BCUT2D eigenvalue weighted by molar-refractivity contribution is 7.25. The molecule has 0 atom stereocenters. The molecule has 6 rings (SSSR count). The predicted molar refractivity (Wildman–Crippen MR) is 152 cm³/mol. The molecule has 0 spiro atoms. The van der Waals surface area contributed by atoms with Crippen molar-refractivity contribution in [1.82, 2.24) is 9.97 Å². The van der Waals surface area contributed by atoms with Gasteiger partial charge < -0.3 is 10.2 Å². The number of aromatic nitrogens is 2. The number of azo groups is 2. The molecule has 2 N–H and O–H groups in total. The summed E-state index contributed by atoms with van der Waals surface area (Å²) < 4.78 is 0. The van der Waals surface area contributed by atoms with E-state index in [1.54, 1.807) is 12.4 Å². The number of phenols is 2. The molecule has 2 heterocycles. The minimum absolute atomic E-state index is 0.106. The van der Waals surface area contributed by atoms with Crippen molar-refractivity contribution in [1.29, 1.82) is 0 Å². The Morgan fingerprint density at radius 3 is 1.47 bits per heavy atom. The second kappa shape index (κ2) is 9.73. The van der Waals surface area contributed by atoms with Crippen LogP contribution in [-0.4, -0.2) is 20.2 Å². The van der Waals surface area contributed by atoms with E-state index in [1.165, 1.54) is 22.7 Å². The molecule has 0 aliphatic heterocycles. The molecule has 0 radical (unpaired) electrons. The van der Waals surface area contributed by atoms with Crippen LogP contribution in [0.4, 0.5) is 21.6 Å². The number of rotatable bonds is 5. The molecule has 2 aromatic heterocycles. The Labute approximate surface area is 225 Å². The van der Waals surface area contributed by atoms with Crippen LogP contribution in [0.3, 0.4) is 0 Å². The predicted octanol–water partition coefficient (Wildman–Crippen LogP) is 9.43. The van der Waals surface area contributed by atoms with Crippen molar-refractivity contribution in [3.8, 4) is 21.3 Å². The summed E-state index contributed by atoms with van der Waals surface area (Å²) in [5, 5.41) is 43.0. The van der Waals surface area contributed by atoms with Crippen molar-refractivity contribution >= 4 is 65.9 Å². The van der Waals surface area contributed by atoms with E-state index in [0.717, 1.165) is 42.4 Å². The fourth-order valence-electron chi connectivity index (χ4n) is 4.20. The number of thiazole rings is 2. The quantitative estimate of drug-likeness (QED) is 0.213. The summed E-state index contributed by atoms with van der Waals surface area (Å²) in [4.78, 5) is 10.4. The minimum atomic E-state index is 0.106. The molecule has 0 amide bonds. The Bertz CT molecular complexity index is 1750. The van der Waals surface area contributed by atoms with Gasteiger partial charge in [0.2, 0.25) is 10.3 Å². The molecule has 8 nitrogen and oxygen atoms in total. The SMILES string of the molecule is Cc1c(O)c(/N=N/c2ncc(-c3cnc(/N=N/c4cc5ccccc5c(C)c4O)s3)s2)cc2ccccc12. The maximum absolute atomic E-state index is 10.6. The van der Waals surface area contributed by atoms with Gasteiger partial charge in [0.25, 0.3) is 0 Å². The highest BCUT2D eigenvalue weighted by Gasteiger charge is 2.12. The van der Waals surface area contributed by atoms with Crippen molar-refractivity contribution in [2.75, 3.05) is 0 Å². The van der Waals surface area contributed by atoms with Gasteiger partial charge in [-0.2, -0.15) is 0 Å². The standard InChI is InChI=1S/C28H20N6O2S2/c1-15-19-9-5-3-7-17(19)11-21(25(15)35)31-33-27-29-13-23(37-27)24-14-30-28(38-24)34-32-22-12-18-8-4-6-10-20(18)16(2)26(22)36/h3-14,35-36H,1-2H3/b33-31+,34-32+. The number of nitrogens with zero attached hydrogens (tertiary/aromatic N) is 6. The molecule has 186 valence electrons. The highest BCUT2D eigenvalue weighted by Crippen LogP contribution is 2.41. The Morgan fingerprint density at radius 2 is 1.03 bits per heavy atom. The molecule has 0 aliphatic rings. The van der Waals surface area contributed by atoms with Gasteiger partial charge in [0.05, 0.1) is 9.75 Å². The molecule has 10 heteroatoms. The maximum Gasteiger partial charge on any atom is 0.230 e. The number of phenolic OH excluding ortho intramolecular Hbond substituents is 2. The highest BCUT2D eigenvalue weighted by atomic mass is 32.1. The van der Waals surface area contributed by atoms with Crippen LogP contribution in [0.15, 0.2) is 93.5 Å². The van der Waals surface area contributed by atoms with Gasteiger partial charge in [0, 0.05) is 23.5 Å². The van der Waals surface area contributed by atoms with E-state index in [2.05, 4.69) is 30.4 Å². The van der Waals surface area contributed by atoms with E-state index in [-0.39, 0.29) is 11.5 Å². The third kappa shape index (κ3) is 4.40. The van der Waals surface area contributed by atoms with Crippen LogP contribution in [0.1, 0.15) is 11.1 Å². The minimum Gasteiger partial charge on any atom is -0.505 e. The first kappa shape index (κ1) is 23.8. The summed E-state index contributed by atoms with van der Waals surface area (Å²) >= 11 is 2.71. The van der Waals surface area contributed by atoms with Crippen LogP contribution in [0.25, 0.3) is 31.3 Å². The van der Waals surface area contributed by atoms with E-state index in [0.29, 0.717) is 21.6 Å². The number of hydrogen-bond donors (Lipinski definition) is 2. The third-order valence-corrected chi connectivity index (χ3v) is 8.19. The molecular formula is C28H20N6O2S2. The lowest BCUT2D eigenvalue weighted by atomic mass is 10.0. The van der Waals surface area contributed by atoms with Crippen molar-refractivity contribution in [3.63, 3.8) is 0 Å². The average Bonchev–Trinajstić information content (AvgIpc) is 3.61. The zero-order valence-electron chi connectivity index (χ0n) is 20.3. The van der Waals surface area contributed by atoms with Gasteiger partial charge in [-0.1, -0.05) is 71.2 Å². The van der Waals surface area contributed by atoms with E-state index >= 15 is 0 Å². The molecular weight excluding hydrogens is 516 g/mol. The number of benzene rings is 4. The third-order valence-electron chi connectivity index (χ3n) is 6.23. The van der Waals surface area contributed by atoms with Gasteiger partial charge in [-0.25, -0.2) is 9.97 Å². The van der Waals surface area contributed by atoms with Gasteiger partial charge in [-0.05, 0) is 47.5 Å². The number of aromatic hydroxyl groups is 2. The summed E-state index contributed by atoms with van der Waals surface area (Å²) in [6, 6.07) is 19.3. The summed E-state index contributed by atoms with van der Waals surface area (Å²) in [6.45, 7) is 3.72. The number of aryl methyl sites for hydroxylation is 2. The van der Waals surface area contributed by atoms with Gasteiger partial charge in [-0.15, -0.1) is 20.5 Å². The molecule has 0 saturated heterocycles. The zero-order chi connectivity index (χ0) is 26.2. The van der Waals surface area contributed by atoms with E-state index in [4.69, 9.17) is 0 Å². The monoisotopic (exact) mass is 536 g/mol. The zero-order valence-corrected chi connectivity index (χ0v) is 22.0.